The summed E-state index contributed by atoms with van der Waals surface area (Å²) in [6.07, 6.45) is 9.56. The third-order valence-corrected chi connectivity index (χ3v) is 7.05. The van der Waals surface area contributed by atoms with Gasteiger partial charge >= 0.3 is 5.97 Å². The molecule has 1 saturated carbocycles. The molecule has 3 fully saturated rings. The van der Waals surface area contributed by atoms with Crippen molar-refractivity contribution in [3.63, 3.8) is 0 Å². The number of nitroso groups, excluding NO2 is 1. The van der Waals surface area contributed by atoms with E-state index >= 15 is 0 Å². The van der Waals surface area contributed by atoms with Crippen LogP contribution in [0.4, 0.5) is 0 Å². The molecule has 2 heterocycles. The van der Waals surface area contributed by atoms with Crippen LogP contribution in [0.3, 0.4) is 0 Å². The van der Waals surface area contributed by atoms with Crippen LogP contribution in [0.2, 0.25) is 0 Å². The second kappa shape index (κ2) is 5.04. The molecule has 0 aromatic carbocycles. The summed E-state index contributed by atoms with van der Waals surface area (Å²) in [6, 6.07) is 0.449. The summed E-state index contributed by atoms with van der Waals surface area (Å²) in [6.45, 7) is 2.42. The summed E-state index contributed by atoms with van der Waals surface area (Å²) in [5.74, 6) is 1.27. The molecule has 0 radical (unpaired) electrons. The number of allylic oxidation sites excluding steroid dienone is 3. The number of ether oxygens (including phenoxy) is 2. The Hall–Kier alpha value is -1.95. The van der Waals surface area contributed by atoms with Crippen LogP contribution in [0.1, 0.15) is 19.8 Å². The highest BCUT2D eigenvalue weighted by molar-refractivity contribution is 5.66. The van der Waals surface area contributed by atoms with E-state index in [4.69, 9.17) is 9.47 Å². The van der Waals surface area contributed by atoms with Gasteiger partial charge in [-0.3, -0.25) is 4.79 Å². The highest BCUT2D eigenvalue weighted by Crippen LogP contribution is 2.67. The number of likely N-dealkylation sites (tertiary alicyclic amines) is 1. The van der Waals surface area contributed by atoms with Crippen molar-refractivity contribution in [2.75, 3.05) is 13.6 Å². The number of carbonyl (C=O) groups is 1. The molecular formula is C19H22N2O4. The molecule has 6 heteroatoms. The molecular weight excluding hydrogens is 320 g/mol. The number of hydrogen-bond donors (Lipinski definition) is 0. The Labute approximate surface area is 146 Å². The molecule has 6 nitrogen and oxygen atoms in total. The largest absolute Gasteiger partial charge is 0.487 e. The van der Waals surface area contributed by atoms with Gasteiger partial charge in [-0.1, -0.05) is 12.2 Å². The monoisotopic (exact) mass is 342 g/mol. The zero-order valence-electron chi connectivity index (χ0n) is 14.4. The van der Waals surface area contributed by atoms with Crippen molar-refractivity contribution in [2.24, 2.45) is 28.3 Å². The van der Waals surface area contributed by atoms with E-state index in [-0.39, 0.29) is 23.4 Å². The topological polar surface area (TPSA) is 68.2 Å². The lowest BCUT2D eigenvalue weighted by molar-refractivity contribution is -0.163. The minimum absolute atomic E-state index is 0.120. The van der Waals surface area contributed by atoms with Crippen LogP contribution < -0.4 is 0 Å². The lowest BCUT2D eigenvalue weighted by Crippen LogP contribution is -2.65. The Morgan fingerprint density at radius 2 is 2.24 bits per heavy atom. The molecule has 25 heavy (non-hydrogen) atoms. The first-order chi connectivity index (χ1) is 12.1. The molecule has 0 aromatic heterocycles. The third-order valence-electron chi connectivity index (χ3n) is 7.05. The SMILES string of the molecule is CC(=O)OC1C=CC2C3CC4C=CC(N=O)=C5OC1[C@@]2(CCN3C)C54. The lowest BCUT2D eigenvalue weighted by Gasteiger charge is -2.60. The van der Waals surface area contributed by atoms with Gasteiger partial charge in [-0.2, -0.15) is 0 Å². The van der Waals surface area contributed by atoms with Crippen molar-refractivity contribution in [2.45, 2.75) is 38.0 Å². The van der Waals surface area contributed by atoms with Crippen LogP contribution in [0.5, 0.6) is 0 Å². The first kappa shape index (κ1) is 15.3. The Morgan fingerprint density at radius 3 is 3.00 bits per heavy atom. The van der Waals surface area contributed by atoms with E-state index in [2.05, 4.69) is 29.3 Å². The van der Waals surface area contributed by atoms with Gasteiger partial charge in [0.25, 0.3) is 0 Å². The average Bonchev–Trinajstić information content (AvgIpc) is 2.94. The molecule has 2 aliphatic heterocycles. The molecule has 132 valence electrons. The van der Waals surface area contributed by atoms with Crippen LogP contribution in [0.15, 0.2) is 40.9 Å². The molecule has 0 aromatic rings. The van der Waals surface area contributed by atoms with Gasteiger partial charge in [0.2, 0.25) is 0 Å². The maximum Gasteiger partial charge on any atom is 0.303 e. The number of carbonyl (C=O) groups excluding carboxylic acids is 1. The molecule has 0 N–H and O–H groups in total. The Bertz CT molecular complexity index is 742. The van der Waals surface area contributed by atoms with E-state index in [0.29, 0.717) is 23.6 Å². The number of piperidine rings is 1. The second-order valence-corrected chi connectivity index (χ2v) is 8.01. The molecule has 2 bridgehead atoms. The Kier molecular flexibility index (Phi) is 3.08. The summed E-state index contributed by atoms with van der Waals surface area (Å²) >= 11 is 0. The molecule has 1 spiro atoms. The van der Waals surface area contributed by atoms with Crippen molar-refractivity contribution in [1.29, 1.82) is 0 Å². The number of rotatable bonds is 2. The van der Waals surface area contributed by atoms with E-state index < -0.39 is 6.10 Å². The normalized spacial score (nSPS) is 46.5. The Morgan fingerprint density at radius 1 is 1.40 bits per heavy atom. The molecule has 6 unspecified atom stereocenters. The van der Waals surface area contributed by atoms with Crippen LogP contribution in [-0.4, -0.2) is 42.7 Å². The predicted octanol–water partition coefficient (Wildman–Crippen LogP) is 2.38. The molecule has 2 saturated heterocycles. The summed E-state index contributed by atoms with van der Waals surface area (Å²) in [7, 11) is 2.19. The standard InChI is InChI=1S/C19H22N2O4/c1-10(22)24-15-6-4-12-14-9-11-3-5-13(20-23)17-16(11)19(12,18(15)25-17)7-8-21(14)2/h3-6,11-12,14-16,18H,7-9H2,1-2H3/t11?,12?,14?,15?,16?,18?,19-/m1/s1. The molecule has 5 aliphatic rings. The summed E-state index contributed by atoms with van der Waals surface area (Å²) in [5.41, 5.74) is 0.285. The molecule has 7 atom stereocenters. The van der Waals surface area contributed by atoms with Crippen molar-refractivity contribution in [3.05, 3.63) is 40.7 Å². The van der Waals surface area contributed by atoms with Gasteiger partial charge in [0.15, 0.2) is 6.10 Å². The smallest absolute Gasteiger partial charge is 0.303 e. The predicted molar refractivity (Wildman–Crippen MR) is 90.1 cm³/mol. The fourth-order valence-electron chi connectivity index (χ4n) is 6.19. The first-order valence-electron chi connectivity index (χ1n) is 9.04. The van der Waals surface area contributed by atoms with Crippen molar-refractivity contribution in [1.82, 2.24) is 4.90 Å². The fraction of sp³-hybridized carbons (Fsp3) is 0.632. The quantitative estimate of drug-likeness (QED) is 0.438. The second-order valence-electron chi connectivity index (χ2n) is 8.01. The summed E-state index contributed by atoms with van der Waals surface area (Å²) in [5, 5.41) is 3.21. The van der Waals surface area contributed by atoms with E-state index in [1.165, 1.54) is 6.92 Å². The summed E-state index contributed by atoms with van der Waals surface area (Å²) < 4.78 is 12.0. The average molecular weight is 342 g/mol. The van der Waals surface area contributed by atoms with Gasteiger partial charge in [-0.15, -0.1) is 4.91 Å². The van der Waals surface area contributed by atoms with Crippen molar-refractivity contribution >= 4 is 5.97 Å². The minimum Gasteiger partial charge on any atom is -0.487 e. The van der Waals surface area contributed by atoms with Gasteiger partial charge in [0, 0.05) is 30.2 Å². The lowest BCUT2D eigenvalue weighted by atomic mass is 9.48. The van der Waals surface area contributed by atoms with E-state index in [9.17, 15) is 9.70 Å². The highest BCUT2D eigenvalue weighted by Gasteiger charge is 2.70. The molecule has 3 aliphatic carbocycles. The van der Waals surface area contributed by atoms with E-state index in [0.717, 1.165) is 25.1 Å². The van der Waals surface area contributed by atoms with E-state index in [1.54, 1.807) is 0 Å². The van der Waals surface area contributed by atoms with Crippen molar-refractivity contribution < 1.29 is 14.3 Å². The maximum absolute atomic E-state index is 11.6. The van der Waals surface area contributed by atoms with Crippen molar-refractivity contribution in [3.8, 4) is 0 Å². The van der Waals surface area contributed by atoms with Gasteiger partial charge in [-0.25, -0.2) is 0 Å². The van der Waals surface area contributed by atoms with Crippen LogP contribution >= 0.6 is 0 Å². The molecule has 0 amide bonds. The third kappa shape index (κ3) is 1.81. The van der Waals surface area contributed by atoms with Gasteiger partial charge in [0.1, 0.15) is 17.6 Å². The van der Waals surface area contributed by atoms with Gasteiger partial charge in [0.05, 0.1) is 0 Å². The maximum atomic E-state index is 11.6. The molecule has 5 rings (SSSR count). The summed E-state index contributed by atoms with van der Waals surface area (Å²) in [4.78, 5) is 25.4. The van der Waals surface area contributed by atoms with Crippen LogP contribution in [0, 0.1) is 28.1 Å². The van der Waals surface area contributed by atoms with E-state index in [1.807, 2.05) is 12.2 Å². The van der Waals surface area contributed by atoms with Crippen LogP contribution in [-0.2, 0) is 14.3 Å². The van der Waals surface area contributed by atoms with Crippen LogP contribution in [0.25, 0.3) is 0 Å². The zero-order chi connectivity index (χ0) is 17.3. The highest BCUT2D eigenvalue weighted by atomic mass is 16.6. The number of esters is 1. The van der Waals surface area contributed by atoms with Gasteiger partial charge in [-0.05, 0) is 49.7 Å². The first-order valence-corrected chi connectivity index (χ1v) is 9.04. The number of nitrogens with zero attached hydrogens (tertiary/aromatic N) is 2. The minimum atomic E-state index is -0.400. The van der Waals surface area contributed by atoms with Gasteiger partial charge < -0.3 is 14.4 Å². The Balaban J connectivity index is 1.69. The fourth-order valence-corrected chi connectivity index (χ4v) is 6.19. The zero-order valence-corrected chi connectivity index (χ0v) is 14.4. The number of hydrogen-bond acceptors (Lipinski definition) is 6.